The molecular weight excluding hydrogens is 188 g/mol. The molecule has 0 radical (unpaired) electrons. The Balaban J connectivity index is 2.47. The highest BCUT2D eigenvalue weighted by atomic mass is 15.1. The summed E-state index contributed by atoms with van der Waals surface area (Å²) in [5.74, 6) is 0.928. The van der Waals surface area contributed by atoms with Crippen molar-refractivity contribution in [1.82, 2.24) is 19.9 Å². The van der Waals surface area contributed by atoms with Gasteiger partial charge in [0, 0.05) is 30.2 Å². The molecule has 2 rings (SSSR count). The first kappa shape index (κ1) is 9.86. The summed E-state index contributed by atoms with van der Waals surface area (Å²) in [6.07, 6.45) is 7.20. The predicted molar refractivity (Wildman–Crippen MR) is 58.8 cm³/mol. The Kier molecular flexibility index (Phi) is 2.78. The van der Waals surface area contributed by atoms with Crippen LogP contribution in [0.4, 0.5) is 0 Å². The highest BCUT2D eigenvalue weighted by Crippen LogP contribution is 2.18. The SMILES string of the molecule is CNC(C)c1cccnc1-n1ccnc1. The van der Waals surface area contributed by atoms with Gasteiger partial charge in [-0.1, -0.05) is 6.07 Å². The number of aromatic nitrogens is 3. The highest BCUT2D eigenvalue weighted by Gasteiger charge is 2.10. The van der Waals surface area contributed by atoms with Crippen LogP contribution < -0.4 is 5.32 Å². The fourth-order valence-corrected chi connectivity index (χ4v) is 1.50. The number of nitrogens with zero attached hydrogens (tertiary/aromatic N) is 3. The van der Waals surface area contributed by atoms with Gasteiger partial charge in [-0.3, -0.25) is 4.57 Å². The molecule has 15 heavy (non-hydrogen) atoms. The first-order valence-electron chi connectivity index (χ1n) is 4.93. The van der Waals surface area contributed by atoms with Crippen LogP contribution in [0.25, 0.3) is 5.82 Å². The van der Waals surface area contributed by atoms with Gasteiger partial charge in [-0.2, -0.15) is 0 Å². The van der Waals surface area contributed by atoms with E-state index in [4.69, 9.17) is 0 Å². The molecule has 0 aliphatic rings. The molecule has 2 heterocycles. The van der Waals surface area contributed by atoms with Crippen molar-refractivity contribution in [2.45, 2.75) is 13.0 Å². The normalized spacial score (nSPS) is 12.7. The summed E-state index contributed by atoms with van der Waals surface area (Å²) in [5, 5.41) is 3.21. The molecular formula is C11H14N4. The number of imidazole rings is 1. The third kappa shape index (κ3) is 1.89. The molecule has 4 heteroatoms. The van der Waals surface area contributed by atoms with Crippen LogP contribution in [-0.4, -0.2) is 21.6 Å². The lowest BCUT2D eigenvalue weighted by Gasteiger charge is -2.14. The zero-order valence-electron chi connectivity index (χ0n) is 8.88. The van der Waals surface area contributed by atoms with Gasteiger partial charge in [-0.15, -0.1) is 0 Å². The van der Waals surface area contributed by atoms with Gasteiger partial charge in [-0.25, -0.2) is 9.97 Å². The van der Waals surface area contributed by atoms with Crippen LogP contribution in [0.15, 0.2) is 37.1 Å². The molecule has 0 spiro atoms. The molecule has 1 N–H and O–H groups in total. The Morgan fingerprint density at radius 3 is 2.93 bits per heavy atom. The lowest BCUT2D eigenvalue weighted by atomic mass is 10.1. The third-order valence-corrected chi connectivity index (χ3v) is 2.47. The third-order valence-electron chi connectivity index (χ3n) is 2.47. The summed E-state index contributed by atoms with van der Waals surface area (Å²) in [6, 6.07) is 4.30. The van der Waals surface area contributed by atoms with Crippen molar-refractivity contribution in [3.05, 3.63) is 42.6 Å². The molecule has 0 saturated heterocycles. The Hall–Kier alpha value is -1.68. The van der Waals surface area contributed by atoms with Gasteiger partial charge in [0.25, 0.3) is 0 Å². The second kappa shape index (κ2) is 4.23. The lowest BCUT2D eigenvalue weighted by molar-refractivity contribution is 0.644. The van der Waals surface area contributed by atoms with Crippen molar-refractivity contribution in [3.8, 4) is 5.82 Å². The summed E-state index contributed by atoms with van der Waals surface area (Å²) < 4.78 is 1.92. The minimum Gasteiger partial charge on any atom is -0.313 e. The molecule has 0 aliphatic carbocycles. The molecule has 1 atom stereocenters. The number of hydrogen-bond acceptors (Lipinski definition) is 3. The number of nitrogens with one attached hydrogen (secondary N) is 1. The van der Waals surface area contributed by atoms with Crippen LogP contribution >= 0.6 is 0 Å². The maximum absolute atomic E-state index is 4.37. The molecule has 0 fully saturated rings. The van der Waals surface area contributed by atoms with Crippen molar-refractivity contribution < 1.29 is 0 Å². The Morgan fingerprint density at radius 2 is 2.27 bits per heavy atom. The Morgan fingerprint density at radius 1 is 1.40 bits per heavy atom. The second-order valence-electron chi connectivity index (χ2n) is 3.40. The lowest BCUT2D eigenvalue weighted by Crippen LogP contribution is -2.15. The molecule has 78 valence electrons. The summed E-state index contributed by atoms with van der Waals surface area (Å²) in [5.41, 5.74) is 1.16. The van der Waals surface area contributed by atoms with E-state index in [1.54, 1.807) is 18.7 Å². The summed E-state index contributed by atoms with van der Waals surface area (Å²) in [4.78, 5) is 8.40. The molecule has 0 bridgehead atoms. The molecule has 0 aliphatic heterocycles. The van der Waals surface area contributed by atoms with Crippen LogP contribution in [0.1, 0.15) is 18.5 Å². The van der Waals surface area contributed by atoms with E-state index in [0.717, 1.165) is 11.4 Å². The first-order valence-corrected chi connectivity index (χ1v) is 4.93. The van der Waals surface area contributed by atoms with E-state index >= 15 is 0 Å². The molecule has 1 unspecified atom stereocenters. The van der Waals surface area contributed by atoms with Gasteiger partial charge in [0.2, 0.25) is 0 Å². The maximum atomic E-state index is 4.37. The minimum absolute atomic E-state index is 0.274. The average molecular weight is 202 g/mol. The van der Waals surface area contributed by atoms with Gasteiger partial charge in [0.1, 0.15) is 12.1 Å². The Labute approximate surface area is 89.0 Å². The van der Waals surface area contributed by atoms with Gasteiger partial charge >= 0.3 is 0 Å². The molecule has 0 saturated carbocycles. The van der Waals surface area contributed by atoms with E-state index in [-0.39, 0.29) is 6.04 Å². The van der Waals surface area contributed by atoms with Crippen molar-refractivity contribution in [3.63, 3.8) is 0 Å². The topological polar surface area (TPSA) is 42.7 Å². The molecule has 0 aromatic carbocycles. The maximum Gasteiger partial charge on any atom is 0.142 e. The van der Waals surface area contributed by atoms with E-state index < -0.39 is 0 Å². The van der Waals surface area contributed by atoms with Crippen LogP contribution in [0, 0.1) is 0 Å². The average Bonchev–Trinajstić information content (AvgIpc) is 2.81. The first-order chi connectivity index (χ1) is 7.33. The van der Waals surface area contributed by atoms with Crippen molar-refractivity contribution in [2.24, 2.45) is 0 Å². The number of rotatable bonds is 3. The Bertz CT molecular complexity index is 422. The predicted octanol–water partition coefficient (Wildman–Crippen LogP) is 1.55. The monoisotopic (exact) mass is 202 g/mol. The zero-order chi connectivity index (χ0) is 10.7. The van der Waals surface area contributed by atoms with E-state index in [9.17, 15) is 0 Å². The van der Waals surface area contributed by atoms with Crippen molar-refractivity contribution in [1.29, 1.82) is 0 Å². The van der Waals surface area contributed by atoms with Gasteiger partial charge in [-0.05, 0) is 20.0 Å². The standard InChI is InChI=1S/C11H14N4/c1-9(12-2)10-4-3-5-14-11(10)15-7-6-13-8-15/h3-9,12H,1-2H3. The summed E-state index contributed by atoms with van der Waals surface area (Å²) in [7, 11) is 1.94. The largest absolute Gasteiger partial charge is 0.313 e. The molecule has 0 amide bonds. The summed E-state index contributed by atoms with van der Waals surface area (Å²) in [6.45, 7) is 2.11. The zero-order valence-corrected chi connectivity index (χ0v) is 8.88. The van der Waals surface area contributed by atoms with Crippen LogP contribution in [0.2, 0.25) is 0 Å². The van der Waals surface area contributed by atoms with Crippen molar-refractivity contribution in [2.75, 3.05) is 7.05 Å². The van der Waals surface area contributed by atoms with Crippen LogP contribution in [0.5, 0.6) is 0 Å². The fraction of sp³-hybridized carbons (Fsp3) is 0.273. The molecule has 2 aromatic rings. The van der Waals surface area contributed by atoms with E-state index in [1.807, 2.05) is 23.9 Å². The van der Waals surface area contributed by atoms with Crippen LogP contribution in [0.3, 0.4) is 0 Å². The van der Waals surface area contributed by atoms with Crippen molar-refractivity contribution >= 4 is 0 Å². The smallest absolute Gasteiger partial charge is 0.142 e. The van der Waals surface area contributed by atoms with E-state index in [1.165, 1.54) is 0 Å². The number of hydrogen-bond donors (Lipinski definition) is 1. The molecule has 2 aromatic heterocycles. The second-order valence-corrected chi connectivity index (χ2v) is 3.40. The molecule has 4 nitrogen and oxygen atoms in total. The van der Waals surface area contributed by atoms with Gasteiger partial charge in [0.15, 0.2) is 0 Å². The fourth-order valence-electron chi connectivity index (χ4n) is 1.50. The van der Waals surface area contributed by atoms with Gasteiger partial charge < -0.3 is 5.32 Å². The van der Waals surface area contributed by atoms with E-state index in [2.05, 4.69) is 28.3 Å². The highest BCUT2D eigenvalue weighted by molar-refractivity contribution is 5.35. The van der Waals surface area contributed by atoms with Crippen LogP contribution in [-0.2, 0) is 0 Å². The minimum atomic E-state index is 0.274. The quantitative estimate of drug-likeness (QED) is 0.821. The van der Waals surface area contributed by atoms with Gasteiger partial charge in [0.05, 0.1) is 0 Å². The summed E-state index contributed by atoms with van der Waals surface area (Å²) >= 11 is 0. The van der Waals surface area contributed by atoms with E-state index in [0.29, 0.717) is 0 Å². The number of pyridine rings is 1.